The van der Waals surface area contributed by atoms with Gasteiger partial charge < -0.3 is 5.32 Å². The molecule has 0 radical (unpaired) electrons. The summed E-state index contributed by atoms with van der Waals surface area (Å²) in [5.41, 5.74) is 0. The van der Waals surface area contributed by atoms with Gasteiger partial charge in [-0.25, -0.2) is 0 Å². The van der Waals surface area contributed by atoms with Gasteiger partial charge in [-0.05, 0) is 32.1 Å². The predicted molar refractivity (Wildman–Crippen MR) is 70.6 cm³/mol. The minimum absolute atomic E-state index is 0.551. The van der Waals surface area contributed by atoms with Crippen molar-refractivity contribution in [2.24, 2.45) is 10.9 Å². The van der Waals surface area contributed by atoms with E-state index in [0.29, 0.717) is 12.1 Å². The highest BCUT2D eigenvalue weighted by atomic mass is 32.2. The summed E-state index contributed by atoms with van der Waals surface area (Å²) < 4.78 is 0. The van der Waals surface area contributed by atoms with Crippen LogP contribution in [0, 0.1) is 5.92 Å². The van der Waals surface area contributed by atoms with Gasteiger partial charge in [-0.1, -0.05) is 32.5 Å². The number of aliphatic imine (C=N–C) groups is 1. The molecule has 2 nitrogen and oxygen atoms in total. The molecule has 3 heteroatoms. The van der Waals surface area contributed by atoms with E-state index in [-0.39, 0.29) is 0 Å². The van der Waals surface area contributed by atoms with Gasteiger partial charge in [0.15, 0.2) is 5.17 Å². The molecule has 0 spiro atoms. The van der Waals surface area contributed by atoms with Crippen LogP contribution in [0.2, 0.25) is 0 Å². The van der Waals surface area contributed by atoms with Crippen molar-refractivity contribution in [3.8, 4) is 0 Å². The average molecular weight is 228 g/mol. The van der Waals surface area contributed by atoms with Gasteiger partial charge in [0, 0.05) is 11.8 Å². The van der Waals surface area contributed by atoms with Gasteiger partial charge in [0.05, 0.1) is 6.04 Å². The molecular formula is C12H24N2S. The van der Waals surface area contributed by atoms with Crippen LogP contribution in [0.15, 0.2) is 4.99 Å². The molecule has 0 aromatic heterocycles. The quantitative estimate of drug-likeness (QED) is 0.781. The Kier molecular flexibility index (Phi) is 5.51. The van der Waals surface area contributed by atoms with Crippen LogP contribution in [-0.4, -0.2) is 23.0 Å². The highest BCUT2D eigenvalue weighted by molar-refractivity contribution is 8.14. The molecule has 0 aliphatic carbocycles. The molecule has 1 rings (SSSR count). The number of thioether (sulfide) groups is 1. The minimum Gasteiger partial charge on any atom is -0.362 e. The van der Waals surface area contributed by atoms with Gasteiger partial charge in [-0.15, -0.1) is 0 Å². The summed E-state index contributed by atoms with van der Waals surface area (Å²) >= 11 is 1.88. The Balaban J connectivity index is 2.23. The SMILES string of the molecule is CCC1CSC(NC(C)CCC(C)C)=N1. The first kappa shape index (κ1) is 12.9. The minimum atomic E-state index is 0.551. The molecule has 2 atom stereocenters. The lowest BCUT2D eigenvalue weighted by Crippen LogP contribution is -2.30. The lowest BCUT2D eigenvalue weighted by atomic mass is 10.0. The third-order valence-corrected chi connectivity index (χ3v) is 3.78. The van der Waals surface area contributed by atoms with E-state index in [2.05, 4.69) is 38.0 Å². The molecule has 1 N–H and O–H groups in total. The van der Waals surface area contributed by atoms with E-state index in [4.69, 9.17) is 0 Å². The standard InChI is InChI=1S/C12H24N2S/c1-5-11-8-15-12(14-11)13-10(4)7-6-9(2)3/h9-11H,5-8H2,1-4H3,(H,13,14). The van der Waals surface area contributed by atoms with Gasteiger partial charge in [0.1, 0.15) is 0 Å². The zero-order valence-electron chi connectivity index (χ0n) is 10.4. The fraction of sp³-hybridized carbons (Fsp3) is 0.917. The number of rotatable bonds is 5. The Morgan fingerprint density at radius 1 is 1.40 bits per heavy atom. The van der Waals surface area contributed by atoms with Crippen LogP contribution in [0.5, 0.6) is 0 Å². The molecule has 0 saturated heterocycles. The van der Waals surface area contributed by atoms with E-state index in [1.807, 2.05) is 11.8 Å². The third-order valence-electron chi connectivity index (χ3n) is 2.73. The first-order valence-corrected chi connectivity index (χ1v) is 7.07. The van der Waals surface area contributed by atoms with E-state index in [0.717, 1.165) is 16.8 Å². The van der Waals surface area contributed by atoms with Crippen molar-refractivity contribution >= 4 is 16.9 Å². The fourth-order valence-electron chi connectivity index (χ4n) is 1.57. The van der Waals surface area contributed by atoms with E-state index < -0.39 is 0 Å². The number of nitrogens with one attached hydrogen (secondary N) is 1. The molecule has 0 saturated carbocycles. The van der Waals surface area contributed by atoms with Crippen molar-refractivity contribution in [2.75, 3.05) is 5.75 Å². The first-order chi connectivity index (χ1) is 7.11. The van der Waals surface area contributed by atoms with E-state index >= 15 is 0 Å². The van der Waals surface area contributed by atoms with Crippen LogP contribution >= 0.6 is 11.8 Å². The van der Waals surface area contributed by atoms with Crippen LogP contribution in [0.4, 0.5) is 0 Å². The van der Waals surface area contributed by atoms with Crippen molar-refractivity contribution in [3.63, 3.8) is 0 Å². The van der Waals surface area contributed by atoms with Crippen LogP contribution in [0.25, 0.3) is 0 Å². The Bertz CT molecular complexity index is 214. The van der Waals surface area contributed by atoms with Gasteiger partial charge in [0.2, 0.25) is 0 Å². The molecule has 0 bridgehead atoms. The van der Waals surface area contributed by atoms with Crippen molar-refractivity contribution in [1.82, 2.24) is 5.32 Å². The highest BCUT2D eigenvalue weighted by Gasteiger charge is 2.17. The first-order valence-electron chi connectivity index (χ1n) is 6.09. The maximum atomic E-state index is 4.64. The lowest BCUT2D eigenvalue weighted by Gasteiger charge is -2.15. The molecule has 15 heavy (non-hydrogen) atoms. The maximum absolute atomic E-state index is 4.64. The summed E-state index contributed by atoms with van der Waals surface area (Å²) in [5, 5.41) is 4.68. The van der Waals surface area contributed by atoms with Crippen LogP contribution in [0.3, 0.4) is 0 Å². The molecule has 0 fully saturated rings. The Morgan fingerprint density at radius 3 is 2.67 bits per heavy atom. The second-order valence-corrected chi connectivity index (χ2v) is 5.83. The van der Waals surface area contributed by atoms with E-state index in [1.54, 1.807) is 0 Å². The lowest BCUT2D eigenvalue weighted by molar-refractivity contribution is 0.494. The summed E-state index contributed by atoms with van der Waals surface area (Å²) in [6.45, 7) is 9.02. The topological polar surface area (TPSA) is 24.4 Å². The van der Waals surface area contributed by atoms with E-state index in [9.17, 15) is 0 Å². The van der Waals surface area contributed by atoms with Crippen molar-refractivity contribution in [2.45, 2.75) is 59.0 Å². The second kappa shape index (κ2) is 6.41. The molecule has 1 heterocycles. The van der Waals surface area contributed by atoms with Crippen molar-refractivity contribution < 1.29 is 0 Å². The Hall–Kier alpha value is -0.180. The summed E-state index contributed by atoms with van der Waals surface area (Å²) in [7, 11) is 0. The molecule has 2 unspecified atom stereocenters. The summed E-state index contributed by atoms with van der Waals surface area (Å²) in [5.74, 6) is 1.96. The van der Waals surface area contributed by atoms with Gasteiger partial charge >= 0.3 is 0 Å². The molecule has 88 valence electrons. The number of amidine groups is 1. The van der Waals surface area contributed by atoms with Crippen molar-refractivity contribution in [1.29, 1.82) is 0 Å². The smallest absolute Gasteiger partial charge is 0.157 e. The third kappa shape index (κ3) is 4.92. The maximum Gasteiger partial charge on any atom is 0.157 e. The van der Waals surface area contributed by atoms with Gasteiger partial charge in [-0.2, -0.15) is 0 Å². The summed E-state index contributed by atoms with van der Waals surface area (Å²) in [4.78, 5) is 4.64. The monoisotopic (exact) mass is 228 g/mol. The fourth-order valence-corrected chi connectivity index (χ4v) is 2.74. The molecule has 0 aromatic carbocycles. The molecule has 0 aromatic rings. The van der Waals surface area contributed by atoms with Crippen LogP contribution in [0.1, 0.15) is 47.0 Å². The zero-order valence-corrected chi connectivity index (χ0v) is 11.2. The predicted octanol–water partition coefficient (Wildman–Crippen LogP) is 3.28. The van der Waals surface area contributed by atoms with Gasteiger partial charge in [-0.3, -0.25) is 4.99 Å². The van der Waals surface area contributed by atoms with Crippen LogP contribution in [-0.2, 0) is 0 Å². The number of hydrogen-bond acceptors (Lipinski definition) is 3. The highest BCUT2D eigenvalue weighted by Crippen LogP contribution is 2.19. The normalized spacial score (nSPS) is 23.0. The number of hydrogen-bond donors (Lipinski definition) is 1. The summed E-state index contributed by atoms with van der Waals surface area (Å²) in [6.07, 6.45) is 3.70. The largest absolute Gasteiger partial charge is 0.362 e. The van der Waals surface area contributed by atoms with Crippen molar-refractivity contribution in [3.05, 3.63) is 0 Å². The van der Waals surface area contributed by atoms with E-state index in [1.165, 1.54) is 19.3 Å². The molecule has 1 aliphatic rings. The second-order valence-electron chi connectivity index (χ2n) is 4.82. The summed E-state index contributed by atoms with van der Waals surface area (Å²) in [6, 6.07) is 1.11. The average Bonchev–Trinajstić information content (AvgIpc) is 2.62. The number of nitrogens with zero attached hydrogens (tertiary/aromatic N) is 1. The Morgan fingerprint density at radius 2 is 2.13 bits per heavy atom. The molecule has 1 aliphatic heterocycles. The van der Waals surface area contributed by atoms with Crippen LogP contribution < -0.4 is 5.32 Å². The van der Waals surface area contributed by atoms with Gasteiger partial charge in [0.25, 0.3) is 0 Å². The molecular weight excluding hydrogens is 204 g/mol. The molecule has 0 amide bonds. The Labute approximate surface area is 98.3 Å². The zero-order chi connectivity index (χ0) is 11.3.